The largest absolute Gasteiger partial charge is 0.322 e. The first kappa shape index (κ1) is 20.9. The van der Waals surface area contributed by atoms with Crippen LogP contribution in [0.1, 0.15) is 33.8 Å². The molecule has 1 aliphatic rings. The standard InChI is InChI=1S/C21H19N3O.2ClH/c22-21(17-4-2-1-3-5-17)14-19(21)15-6-8-18(9-7-15)24-20(25)16-10-12-23-13-11-16;;/h1-13,19H,14,22H2,(H,24,25);2*1H/t19-,21+;;/m0../s1. The molecule has 0 bridgehead atoms. The van der Waals surface area contributed by atoms with Crippen molar-refractivity contribution in [3.8, 4) is 0 Å². The summed E-state index contributed by atoms with van der Waals surface area (Å²) in [5.41, 5.74) is 10.0. The number of carbonyl (C=O) groups excluding carboxylic acids is 1. The van der Waals surface area contributed by atoms with Gasteiger partial charge in [0.1, 0.15) is 0 Å². The second-order valence-electron chi connectivity index (χ2n) is 6.48. The van der Waals surface area contributed by atoms with Gasteiger partial charge in [0.15, 0.2) is 0 Å². The Morgan fingerprint density at radius 2 is 1.59 bits per heavy atom. The second-order valence-corrected chi connectivity index (χ2v) is 6.48. The van der Waals surface area contributed by atoms with Crippen molar-refractivity contribution in [2.45, 2.75) is 17.9 Å². The van der Waals surface area contributed by atoms with Crippen molar-refractivity contribution < 1.29 is 4.79 Å². The Morgan fingerprint density at radius 3 is 2.22 bits per heavy atom. The number of anilines is 1. The highest BCUT2D eigenvalue weighted by atomic mass is 35.5. The molecular weight excluding hydrogens is 381 g/mol. The fourth-order valence-corrected chi connectivity index (χ4v) is 3.27. The lowest BCUT2D eigenvalue weighted by atomic mass is 9.99. The van der Waals surface area contributed by atoms with Gasteiger partial charge in [0.25, 0.3) is 5.91 Å². The van der Waals surface area contributed by atoms with Crippen LogP contribution in [0, 0.1) is 0 Å². The first-order valence-corrected chi connectivity index (χ1v) is 8.32. The van der Waals surface area contributed by atoms with Gasteiger partial charge in [0.2, 0.25) is 0 Å². The van der Waals surface area contributed by atoms with Crippen LogP contribution in [0.15, 0.2) is 79.1 Å². The summed E-state index contributed by atoms with van der Waals surface area (Å²) in [6.07, 6.45) is 4.16. The molecule has 6 heteroatoms. The van der Waals surface area contributed by atoms with E-state index < -0.39 is 0 Å². The van der Waals surface area contributed by atoms with Crippen molar-refractivity contribution in [1.82, 2.24) is 4.98 Å². The topological polar surface area (TPSA) is 68.0 Å². The minimum absolute atomic E-state index is 0. The molecular formula is C21H21Cl2N3O. The van der Waals surface area contributed by atoms with Gasteiger partial charge < -0.3 is 11.1 Å². The molecule has 0 unspecified atom stereocenters. The maximum absolute atomic E-state index is 12.2. The molecule has 0 radical (unpaired) electrons. The van der Waals surface area contributed by atoms with Crippen molar-refractivity contribution in [2.24, 2.45) is 5.73 Å². The number of hydrogen-bond donors (Lipinski definition) is 2. The minimum atomic E-state index is -0.275. The van der Waals surface area contributed by atoms with E-state index in [0.717, 1.165) is 12.1 Å². The normalized spacial score (nSPS) is 20.0. The molecule has 1 heterocycles. The minimum Gasteiger partial charge on any atom is -0.322 e. The molecule has 1 amide bonds. The van der Waals surface area contributed by atoms with Crippen molar-refractivity contribution in [3.05, 3.63) is 95.8 Å². The fraction of sp³-hybridized carbons (Fsp3) is 0.143. The number of halogens is 2. The average Bonchev–Trinajstić information content (AvgIpc) is 3.37. The summed E-state index contributed by atoms with van der Waals surface area (Å²) in [5.74, 6) is 0.180. The van der Waals surface area contributed by atoms with Crippen LogP contribution in [0.5, 0.6) is 0 Å². The highest BCUT2D eigenvalue weighted by Gasteiger charge is 2.52. The van der Waals surface area contributed by atoms with E-state index in [0.29, 0.717) is 11.5 Å². The van der Waals surface area contributed by atoms with Crippen molar-refractivity contribution in [2.75, 3.05) is 5.32 Å². The third-order valence-electron chi connectivity index (χ3n) is 4.83. The number of carbonyl (C=O) groups is 1. The lowest BCUT2D eigenvalue weighted by Gasteiger charge is -2.12. The molecule has 4 nitrogen and oxygen atoms in total. The molecule has 0 aliphatic heterocycles. The Labute approximate surface area is 171 Å². The Hall–Kier alpha value is -2.40. The summed E-state index contributed by atoms with van der Waals surface area (Å²) in [7, 11) is 0. The summed E-state index contributed by atoms with van der Waals surface area (Å²) in [4.78, 5) is 16.1. The van der Waals surface area contributed by atoms with Gasteiger partial charge >= 0.3 is 0 Å². The first-order valence-electron chi connectivity index (χ1n) is 8.32. The number of nitrogens with one attached hydrogen (secondary N) is 1. The van der Waals surface area contributed by atoms with E-state index in [-0.39, 0.29) is 36.3 Å². The summed E-state index contributed by atoms with van der Waals surface area (Å²) < 4.78 is 0. The smallest absolute Gasteiger partial charge is 0.255 e. The molecule has 1 aliphatic carbocycles. The number of hydrogen-bond acceptors (Lipinski definition) is 3. The van der Waals surface area contributed by atoms with Crippen molar-refractivity contribution >= 4 is 36.4 Å². The van der Waals surface area contributed by atoms with E-state index >= 15 is 0 Å². The number of aromatic nitrogens is 1. The zero-order valence-corrected chi connectivity index (χ0v) is 16.2. The molecule has 140 valence electrons. The summed E-state index contributed by atoms with van der Waals surface area (Å²) in [5, 5.41) is 2.90. The van der Waals surface area contributed by atoms with Crippen LogP contribution < -0.4 is 11.1 Å². The number of amides is 1. The van der Waals surface area contributed by atoms with Crippen molar-refractivity contribution in [1.29, 1.82) is 0 Å². The van der Waals surface area contributed by atoms with E-state index in [9.17, 15) is 4.79 Å². The molecule has 27 heavy (non-hydrogen) atoms. The average molecular weight is 402 g/mol. The summed E-state index contributed by atoms with van der Waals surface area (Å²) in [6.45, 7) is 0. The van der Waals surface area contributed by atoms with Gasteiger partial charge in [-0.15, -0.1) is 24.8 Å². The Kier molecular flexibility index (Phi) is 6.60. The van der Waals surface area contributed by atoms with Crippen LogP contribution in [0.3, 0.4) is 0 Å². The predicted molar refractivity (Wildman–Crippen MR) is 113 cm³/mol. The van der Waals surface area contributed by atoms with Gasteiger partial charge in [-0.1, -0.05) is 42.5 Å². The molecule has 2 aromatic carbocycles. The van der Waals surface area contributed by atoms with Crippen LogP contribution >= 0.6 is 24.8 Å². The SMILES string of the molecule is Cl.Cl.N[C@@]1(c2ccccc2)C[C@H]1c1ccc(NC(=O)c2ccncc2)cc1. The van der Waals surface area contributed by atoms with Gasteiger partial charge in [-0.3, -0.25) is 9.78 Å². The molecule has 1 aromatic heterocycles. The maximum Gasteiger partial charge on any atom is 0.255 e. The molecule has 3 N–H and O–H groups in total. The zero-order valence-electron chi connectivity index (χ0n) is 14.5. The molecule has 2 atom stereocenters. The Morgan fingerprint density at radius 1 is 0.963 bits per heavy atom. The number of pyridine rings is 1. The highest BCUT2D eigenvalue weighted by molar-refractivity contribution is 6.04. The van der Waals surface area contributed by atoms with Gasteiger partial charge in [-0.05, 0) is 41.8 Å². The maximum atomic E-state index is 12.2. The monoisotopic (exact) mass is 401 g/mol. The quantitative estimate of drug-likeness (QED) is 0.674. The lowest BCUT2D eigenvalue weighted by molar-refractivity contribution is 0.102. The number of nitrogens with zero attached hydrogens (tertiary/aromatic N) is 1. The number of nitrogens with two attached hydrogens (primary N) is 1. The lowest BCUT2D eigenvalue weighted by Crippen LogP contribution is -2.21. The van der Waals surface area contributed by atoms with Gasteiger partial charge in [-0.2, -0.15) is 0 Å². The zero-order chi connectivity index (χ0) is 17.3. The molecule has 0 saturated heterocycles. The summed E-state index contributed by atoms with van der Waals surface area (Å²) in [6, 6.07) is 21.6. The van der Waals surface area contributed by atoms with E-state index in [1.807, 2.05) is 42.5 Å². The van der Waals surface area contributed by atoms with Gasteiger partial charge in [0, 0.05) is 35.1 Å². The van der Waals surface area contributed by atoms with E-state index in [1.54, 1.807) is 24.5 Å². The summed E-state index contributed by atoms with van der Waals surface area (Å²) >= 11 is 0. The third-order valence-corrected chi connectivity index (χ3v) is 4.83. The van der Waals surface area contributed by atoms with Gasteiger partial charge in [0.05, 0.1) is 0 Å². The van der Waals surface area contributed by atoms with E-state index in [2.05, 4.69) is 22.4 Å². The Bertz CT molecular complexity index is 888. The van der Waals surface area contributed by atoms with Crippen molar-refractivity contribution in [3.63, 3.8) is 0 Å². The van der Waals surface area contributed by atoms with Gasteiger partial charge in [-0.25, -0.2) is 0 Å². The Balaban J connectivity index is 0.00000131. The fourth-order valence-electron chi connectivity index (χ4n) is 3.27. The first-order chi connectivity index (χ1) is 12.2. The highest BCUT2D eigenvalue weighted by Crippen LogP contribution is 2.56. The van der Waals surface area contributed by atoms with Crippen LogP contribution in [0.4, 0.5) is 5.69 Å². The molecule has 0 spiro atoms. The van der Waals surface area contributed by atoms with Crippen LogP contribution in [-0.4, -0.2) is 10.9 Å². The van der Waals surface area contributed by atoms with Crippen LogP contribution in [0.2, 0.25) is 0 Å². The predicted octanol–water partition coefficient (Wildman–Crippen LogP) is 4.52. The van der Waals surface area contributed by atoms with E-state index in [1.165, 1.54) is 11.1 Å². The second kappa shape index (κ2) is 8.53. The number of benzene rings is 2. The molecule has 1 saturated carbocycles. The third kappa shape index (κ3) is 4.30. The van der Waals surface area contributed by atoms with Crippen LogP contribution in [0.25, 0.3) is 0 Å². The number of rotatable bonds is 4. The van der Waals surface area contributed by atoms with Crippen LogP contribution in [-0.2, 0) is 5.54 Å². The molecule has 1 fully saturated rings. The molecule has 4 rings (SSSR count). The van der Waals surface area contributed by atoms with E-state index in [4.69, 9.17) is 5.73 Å². The molecule has 3 aromatic rings.